The predicted octanol–water partition coefficient (Wildman–Crippen LogP) is 1.99. The quantitative estimate of drug-likeness (QED) is 0.880. The fraction of sp³-hybridized carbons (Fsp3) is 0.786. The lowest BCUT2D eigenvalue weighted by Gasteiger charge is -2.26. The third-order valence-corrected chi connectivity index (χ3v) is 5.35. The van der Waals surface area contributed by atoms with Crippen LogP contribution in [-0.4, -0.2) is 55.3 Å². The molecule has 2 N–H and O–H groups in total. The van der Waals surface area contributed by atoms with Crippen LogP contribution in [0.5, 0.6) is 0 Å². The van der Waals surface area contributed by atoms with E-state index >= 15 is 0 Å². The van der Waals surface area contributed by atoms with Gasteiger partial charge in [-0.15, -0.1) is 36.2 Å². The van der Waals surface area contributed by atoms with Crippen molar-refractivity contribution < 1.29 is 4.74 Å². The average Bonchev–Trinajstić information content (AvgIpc) is 3.08. The number of morpholine rings is 1. The van der Waals surface area contributed by atoms with E-state index in [9.17, 15) is 0 Å². The highest BCUT2D eigenvalue weighted by atomic mass is 35.5. The summed E-state index contributed by atoms with van der Waals surface area (Å²) in [5.41, 5.74) is 5.80. The van der Waals surface area contributed by atoms with Gasteiger partial charge in [0.05, 0.1) is 13.2 Å². The highest BCUT2D eigenvalue weighted by Gasteiger charge is 2.28. The van der Waals surface area contributed by atoms with Crippen LogP contribution in [0.2, 0.25) is 0 Å². The van der Waals surface area contributed by atoms with Crippen molar-refractivity contribution >= 4 is 41.3 Å². The minimum atomic E-state index is 0. The second-order valence-electron chi connectivity index (χ2n) is 5.82. The number of nitrogens with two attached hydrogens (primary N) is 1. The number of likely N-dealkylation sites (tertiary alicyclic amines) is 1. The molecule has 2 aliphatic rings. The Balaban J connectivity index is 0.00000121. The van der Waals surface area contributed by atoms with Crippen LogP contribution in [0.3, 0.4) is 0 Å². The maximum absolute atomic E-state index is 5.80. The lowest BCUT2D eigenvalue weighted by atomic mass is 10.1. The summed E-state index contributed by atoms with van der Waals surface area (Å²) in [6, 6.07) is 0.637. The van der Waals surface area contributed by atoms with Crippen LogP contribution in [0.1, 0.15) is 18.2 Å². The maximum Gasteiger partial charge on any atom is 0.185 e. The summed E-state index contributed by atoms with van der Waals surface area (Å²) < 4.78 is 5.39. The molecule has 1 aromatic rings. The molecule has 3 rings (SSSR count). The second-order valence-corrected chi connectivity index (χ2v) is 6.92. The monoisotopic (exact) mass is 368 g/mol. The minimum Gasteiger partial charge on any atom is -0.378 e. The number of nitrogens with zero attached hydrogens (tertiary/aromatic N) is 3. The molecule has 2 unspecified atom stereocenters. The van der Waals surface area contributed by atoms with Gasteiger partial charge in [-0.3, -0.25) is 4.90 Å². The molecule has 3 heterocycles. The van der Waals surface area contributed by atoms with E-state index in [1.54, 1.807) is 0 Å². The van der Waals surface area contributed by atoms with E-state index in [1.165, 1.54) is 11.3 Å². The SMILES string of the molecule is CC1CC(CN)CN1Cc1cnc(N2CCOCC2)s1.Cl.Cl. The lowest BCUT2D eigenvalue weighted by molar-refractivity contribution is 0.122. The molecular formula is C14H26Cl2N4OS. The predicted molar refractivity (Wildman–Crippen MR) is 96.7 cm³/mol. The van der Waals surface area contributed by atoms with Crippen molar-refractivity contribution in [3.8, 4) is 0 Å². The first-order chi connectivity index (χ1) is 9.76. The molecule has 2 aliphatic heterocycles. The Morgan fingerprint density at radius 1 is 1.36 bits per heavy atom. The van der Waals surface area contributed by atoms with E-state index in [0.29, 0.717) is 12.0 Å². The second kappa shape index (κ2) is 9.25. The van der Waals surface area contributed by atoms with Gasteiger partial charge in [-0.2, -0.15) is 0 Å². The molecule has 8 heteroatoms. The minimum absolute atomic E-state index is 0. The van der Waals surface area contributed by atoms with Gasteiger partial charge in [-0.25, -0.2) is 4.98 Å². The van der Waals surface area contributed by atoms with E-state index in [2.05, 4.69) is 21.7 Å². The Hall–Kier alpha value is -0.110. The number of halogens is 2. The fourth-order valence-corrected chi connectivity index (χ4v) is 4.07. The van der Waals surface area contributed by atoms with Gasteiger partial charge in [-0.05, 0) is 25.8 Å². The summed E-state index contributed by atoms with van der Waals surface area (Å²) in [6.45, 7) is 8.81. The Kier molecular flexibility index (Phi) is 8.38. The lowest BCUT2D eigenvalue weighted by Crippen LogP contribution is -2.36. The maximum atomic E-state index is 5.80. The van der Waals surface area contributed by atoms with Crippen LogP contribution in [0.15, 0.2) is 6.20 Å². The van der Waals surface area contributed by atoms with Crippen LogP contribution in [0.25, 0.3) is 0 Å². The van der Waals surface area contributed by atoms with Crippen LogP contribution >= 0.6 is 36.2 Å². The molecule has 0 spiro atoms. The van der Waals surface area contributed by atoms with Crippen molar-refractivity contribution in [3.63, 3.8) is 0 Å². The topological polar surface area (TPSA) is 54.6 Å². The van der Waals surface area contributed by atoms with Crippen molar-refractivity contribution in [3.05, 3.63) is 11.1 Å². The molecule has 128 valence electrons. The van der Waals surface area contributed by atoms with Gasteiger partial charge in [0.15, 0.2) is 5.13 Å². The molecule has 0 amide bonds. The Bertz CT molecular complexity index is 442. The molecule has 2 saturated heterocycles. The van der Waals surface area contributed by atoms with Crippen molar-refractivity contribution in [2.45, 2.75) is 25.9 Å². The molecule has 0 aliphatic carbocycles. The van der Waals surface area contributed by atoms with E-state index in [1.807, 2.05) is 17.5 Å². The Morgan fingerprint density at radius 2 is 2.09 bits per heavy atom. The number of hydrogen-bond acceptors (Lipinski definition) is 6. The molecule has 2 atom stereocenters. The van der Waals surface area contributed by atoms with Gasteiger partial charge < -0.3 is 15.4 Å². The van der Waals surface area contributed by atoms with Crippen molar-refractivity contribution in [2.24, 2.45) is 11.7 Å². The number of hydrogen-bond donors (Lipinski definition) is 1. The van der Waals surface area contributed by atoms with Crippen LogP contribution in [-0.2, 0) is 11.3 Å². The fourth-order valence-electron chi connectivity index (χ4n) is 3.08. The number of ether oxygens (including phenoxy) is 1. The largest absolute Gasteiger partial charge is 0.378 e. The first kappa shape index (κ1) is 19.9. The van der Waals surface area contributed by atoms with Gasteiger partial charge in [0.2, 0.25) is 0 Å². The number of anilines is 1. The van der Waals surface area contributed by atoms with Crippen molar-refractivity contribution in [1.82, 2.24) is 9.88 Å². The molecule has 0 aromatic carbocycles. The first-order valence-corrected chi connectivity index (χ1v) is 8.29. The van der Waals surface area contributed by atoms with Gasteiger partial charge in [0, 0.05) is 43.3 Å². The molecule has 5 nitrogen and oxygen atoms in total. The number of rotatable bonds is 4. The molecule has 0 saturated carbocycles. The molecule has 22 heavy (non-hydrogen) atoms. The molecule has 2 fully saturated rings. The highest BCUT2D eigenvalue weighted by molar-refractivity contribution is 7.15. The molecule has 1 aromatic heterocycles. The van der Waals surface area contributed by atoms with E-state index in [4.69, 9.17) is 10.5 Å². The summed E-state index contributed by atoms with van der Waals surface area (Å²) in [5, 5.41) is 1.14. The summed E-state index contributed by atoms with van der Waals surface area (Å²) in [6.07, 6.45) is 3.27. The first-order valence-electron chi connectivity index (χ1n) is 7.47. The van der Waals surface area contributed by atoms with Crippen LogP contribution < -0.4 is 10.6 Å². The van der Waals surface area contributed by atoms with Gasteiger partial charge in [-0.1, -0.05) is 0 Å². The summed E-state index contributed by atoms with van der Waals surface area (Å²) in [5.74, 6) is 0.664. The number of aromatic nitrogens is 1. The Morgan fingerprint density at radius 3 is 2.73 bits per heavy atom. The third-order valence-electron chi connectivity index (χ3n) is 4.31. The molecule has 0 bridgehead atoms. The summed E-state index contributed by atoms with van der Waals surface area (Å²) >= 11 is 1.82. The zero-order chi connectivity index (χ0) is 13.9. The third kappa shape index (κ3) is 4.69. The zero-order valence-electron chi connectivity index (χ0n) is 12.9. The summed E-state index contributed by atoms with van der Waals surface area (Å²) in [7, 11) is 0. The van der Waals surface area contributed by atoms with E-state index < -0.39 is 0 Å². The van der Waals surface area contributed by atoms with Gasteiger partial charge in [0.1, 0.15) is 0 Å². The van der Waals surface area contributed by atoms with Crippen molar-refractivity contribution in [2.75, 3.05) is 44.3 Å². The normalized spacial score (nSPS) is 25.6. The smallest absolute Gasteiger partial charge is 0.185 e. The van der Waals surface area contributed by atoms with Gasteiger partial charge in [0.25, 0.3) is 0 Å². The van der Waals surface area contributed by atoms with E-state index in [0.717, 1.165) is 51.1 Å². The molecule has 0 radical (unpaired) electrons. The Labute approximate surface area is 149 Å². The molecular weight excluding hydrogens is 343 g/mol. The summed E-state index contributed by atoms with van der Waals surface area (Å²) in [4.78, 5) is 10.8. The van der Waals surface area contributed by atoms with Crippen LogP contribution in [0, 0.1) is 5.92 Å². The highest BCUT2D eigenvalue weighted by Crippen LogP contribution is 2.28. The number of thiazole rings is 1. The standard InChI is InChI=1S/C14H24N4OS.2ClH/c1-11-6-12(7-15)9-18(11)10-13-8-16-14(20-13)17-2-4-19-5-3-17;;/h8,11-12H,2-7,9-10,15H2,1H3;2*1H. The zero-order valence-corrected chi connectivity index (χ0v) is 15.4. The van der Waals surface area contributed by atoms with Gasteiger partial charge >= 0.3 is 0 Å². The van der Waals surface area contributed by atoms with Crippen LogP contribution in [0.4, 0.5) is 5.13 Å². The average molecular weight is 369 g/mol. The van der Waals surface area contributed by atoms with E-state index in [-0.39, 0.29) is 24.8 Å². The van der Waals surface area contributed by atoms with Crippen molar-refractivity contribution in [1.29, 1.82) is 0 Å².